The van der Waals surface area contributed by atoms with Gasteiger partial charge in [0.05, 0.1) is 6.10 Å². The summed E-state index contributed by atoms with van der Waals surface area (Å²) in [5.41, 5.74) is 6.32. The van der Waals surface area contributed by atoms with Crippen LogP contribution >= 0.6 is 12.4 Å². The molecule has 1 fully saturated rings. The van der Waals surface area contributed by atoms with Crippen molar-refractivity contribution >= 4 is 12.4 Å². The molecule has 16 heavy (non-hydrogen) atoms. The number of halogens is 2. The zero-order valence-electron chi connectivity index (χ0n) is 9.03. The Morgan fingerprint density at radius 2 is 1.69 bits per heavy atom. The average Bonchev–Trinajstić information content (AvgIpc) is 2.67. The number of aliphatic hydroxyl groups is 1. The normalized spacial score (nSPS) is 20.2. The Hall–Kier alpha value is -0.640. The van der Waals surface area contributed by atoms with Crippen LogP contribution in [0.15, 0.2) is 24.3 Å². The molecule has 0 aliphatic heterocycles. The molecule has 0 radical (unpaired) electrons. The SMILES string of the molecule is Cl.NC1(C(O)c2ccc(F)cc2)CCCC1. The summed E-state index contributed by atoms with van der Waals surface area (Å²) in [6.07, 6.45) is 3.13. The predicted molar refractivity (Wildman–Crippen MR) is 64.0 cm³/mol. The molecule has 1 aromatic carbocycles. The van der Waals surface area contributed by atoms with E-state index in [0.29, 0.717) is 5.56 Å². The fraction of sp³-hybridized carbons (Fsp3) is 0.500. The first-order chi connectivity index (χ1) is 7.12. The van der Waals surface area contributed by atoms with Gasteiger partial charge in [-0.3, -0.25) is 0 Å². The Balaban J connectivity index is 0.00000128. The third kappa shape index (κ3) is 2.54. The van der Waals surface area contributed by atoms with Gasteiger partial charge in [0.15, 0.2) is 0 Å². The van der Waals surface area contributed by atoms with Crippen molar-refractivity contribution in [1.29, 1.82) is 0 Å². The van der Waals surface area contributed by atoms with Gasteiger partial charge >= 0.3 is 0 Å². The number of rotatable bonds is 2. The van der Waals surface area contributed by atoms with Crippen molar-refractivity contribution in [2.45, 2.75) is 37.3 Å². The minimum Gasteiger partial charge on any atom is -0.386 e. The second kappa shape index (κ2) is 5.13. The molecule has 1 unspecified atom stereocenters. The van der Waals surface area contributed by atoms with Gasteiger partial charge in [-0.05, 0) is 30.5 Å². The Morgan fingerprint density at radius 1 is 1.19 bits per heavy atom. The molecule has 1 aliphatic carbocycles. The van der Waals surface area contributed by atoms with Crippen LogP contribution in [0.3, 0.4) is 0 Å². The molecule has 90 valence electrons. The highest BCUT2D eigenvalue weighted by molar-refractivity contribution is 5.85. The highest BCUT2D eigenvalue weighted by Crippen LogP contribution is 2.37. The maximum atomic E-state index is 12.7. The molecule has 1 atom stereocenters. The molecule has 2 rings (SSSR count). The van der Waals surface area contributed by atoms with Crippen molar-refractivity contribution < 1.29 is 9.50 Å². The molecule has 0 amide bonds. The zero-order valence-corrected chi connectivity index (χ0v) is 9.84. The Kier molecular flexibility index (Phi) is 4.30. The molecule has 1 saturated carbocycles. The van der Waals surface area contributed by atoms with E-state index in [4.69, 9.17) is 5.73 Å². The van der Waals surface area contributed by atoms with Crippen LogP contribution in [0.4, 0.5) is 4.39 Å². The molecule has 0 heterocycles. The van der Waals surface area contributed by atoms with Crippen LogP contribution in [0.5, 0.6) is 0 Å². The summed E-state index contributed by atoms with van der Waals surface area (Å²) in [5, 5.41) is 10.1. The summed E-state index contributed by atoms with van der Waals surface area (Å²) in [6, 6.07) is 5.92. The van der Waals surface area contributed by atoms with Crippen molar-refractivity contribution in [2.24, 2.45) is 5.73 Å². The summed E-state index contributed by atoms with van der Waals surface area (Å²) in [4.78, 5) is 0. The number of hydrogen-bond acceptors (Lipinski definition) is 2. The van der Waals surface area contributed by atoms with Crippen LogP contribution < -0.4 is 5.73 Å². The molecule has 3 N–H and O–H groups in total. The van der Waals surface area contributed by atoms with Gasteiger partial charge in [-0.15, -0.1) is 12.4 Å². The molecular formula is C12H17ClFNO. The molecule has 0 bridgehead atoms. The van der Waals surface area contributed by atoms with Crippen molar-refractivity contribution in [1.82, 2.24) is 0 Å². The Bertz CT molecular complexity index is 335. The Labute approximate surface area is 101 Å². The van der Waals surface area contributed by atoms with Crippen LogP contribution in [0.25, 0.3) is 0 Å². The third-order valence-electron chi connectivity index (χ3n) is 3.26. The predicted octanol–water partition coefficient (Wildman–Crippen LogP) is 2.55. The highest BCUT2D eigenvalue weighted by Gasteiger charge is 2.37. The standard InChI is InChI=1S/C12H16FNO.ClH/c13-10-5-3-9(4-6-10)11(15)12(14)7-1-2-8-12;/h3-6,11,15H,1-2,7-8,14H2;1H. The number of benzene rings is 1. The van der Waals surface area contributed by atoms with Gasteiger partial charge in [-0.2, -0.15) is 0 Å². The van der Waals surface area contributed by atoms with Crippen molar-refractivity contribution in [3.63, 3.8) is 0 Å². The number of nitrogens with two attached hydrogens (primary N) is 1. The molecular weight excluding hydrogens is 229 g/mol. The number of hydrogen-bond donors (Lipinski definition) is 2. The van der Waals surface area contributed by atoms with Gasteiger partial charge in [-0.1, -0.05) is 25.0 Å². The molecule has 2 nitrogen and oxygen atoms in total. The minimum atomic E-state index is -0.680. The van der Waals surface area contributed by atoms with E-state index < -0.39 is 11.6 Å². The Morgan fingerprint density at radius 3 is 2.19 bits per heavy atom. The van der Waals surface area contributed by atoms with Crippen LogP contribution in [0.1, 0.15) is 37.4 Å². The topological polar surface area (TPSA) is 46.2 Å². The van der Waals surface area contributed by atoms with E-state index in [1.807, 2.05) is 0 Å². The highest BCUT2D eigenvalue weighted by atomic mass is 35.5. The zero-order chi connectivity index (χ0) is 10.9. The average molecular weight is 246 g/mol. The minimum absolute atomic E-state index is 0. The lowest BCUT2D eigenvalue weighted by molar-refractivity contribution is 0.0871. The first-order valence-corrected chi connectivity index (χ1v) is 5.34. The van der Waals surface area contributed by atoms with Crippen LogP contribution in [-0.4, -0.2) is 10.6 Å². The monoisotopic (exact) mass is 245 g/mol. The van der Waals surface area contributed by atoms with Crippen molar-refractivity contribution in [3.05, 3.63) is 35.6 Å². The molecule has 1 aromatic rings. The third-order valence-corrected chi connectivity index (χ3v) is 3.26. The van der Waals surface area contributed by atoms with Gasteiger partial charge < -0.3 is 10.8 Å². The fourth-order valence-electron chi connectivity index (χ4n) is 2.28. The van der Waals surface area contributed by atoms with E-state index in [-0.39, 0.29) is 18.2 Å². The second-order valence-electron chi connectivity index (χ2n) is 4.39. The van der Waals surface area contributed by atoms with E-state index in [1.165, 1.54) is 12.1 Å². The molecule has 0 spiro atoms. The van der Waals surface area contributed by atoms with E-state index in [2.05, 4.69) is 0 Å². The lowest BCUT2D eigenvalue weighted by atomic mass is 9.87. The van der Waals surface area contributed by atoms with Crippen LogP contribution in [0.2, 0.25) is 0 Å². The molecule has 0 aromatic heterocycles. The van der Waals surface area contributed by atoms with E-state index in [9.17, 15) is 9.50 Å². The van der Waals surface area contributed by atoms with Crippen molar-refractivity contribution in [3.8, 4) is 0 Å². The second-order valence-corrected chi connectivity index (χ2v) is 4.39. The van der Waals surface area contributed by atoms with Crippen molar-refractivity contribution in [2.75, 3.05) is 0 Å². The lowest BCUT2D eigenvalue weighted by Gasteiger charge is -2.30. The lowest BCUT2D eigenvalue weighted by Crippen LogP contribution is -2.42. The largest absolute Gasteiger partial charge is 0.386 e. The van der Waals surface area contributed by atoms with Gasteiger partial charge in [0, 0.05) is 5.54 Å². The van der Waals surface area contributed by atoms with Gasteiger partial charge in [0.1, 0.15) is 5.82 Å². The smallest absolute Gasteiger partial charge is 0.123 e. The molecule has 4 heteroatoms. The first kappa shape index (κ1) is 13.4. The summed E-state index contributed by atoms with van der Waals surface area (Å²) in [5.74, 6) is -0.288. The van der Waals surface area contributed by atoms with Crippen LogP contribution in [-0.2, 0) is 0 Å². The van der Waals surface area contributed by atoms with Gasteiger partial charge in [-0.25, -0.2) is 4.39 Å². The van der Waals surface area contributed by atoms with E-state index in [0.717, 1.165) is 25.7 Å². The summed E-state index contributed by atoms with van der Waals surface area (Å²) < 4.78 is 12.7. The molecule has 1 aliphatic rings. The molecule has 0 saturated heterocycles. The maximum absolute atomic E-state index is 12.7. The fourth-order valence-corrected chi connectivity index (χ4v) is 2.28. The first-order valence-electron chi connectivity index (χ1n) is 5.34. The summed E-state index contributed by atoms with van der Waals surface area (Å²) >= 11 is 0. The van der Waals surface area contributed by atoms with Gasteiger partial charge in [0.25, 0.3) is 0 Å². The van der Waals surface area contributed by atoms with Crippen LogP contribution in [0, 0.1) is 5.82 Å². The number of aliphatic hydroxyl groups excluding tert-OH is 1. The maximum Gasteiger partial charge on any atom is 0.123 e. The summed E-state index contributed by atoms with van der Waals surface area (Å²) in [7, 11) is 0. The van der Waals surface area contributed by atoms with E-state index >= 15 is 0 Å². The van der Waals surface area contributed by atoms with E-state index in [1.54, 1.807) is 12.1 Å². The quantitative estimate of drug-likeness (QED) is 0.841. The van der Waals surface area contributed by atoms with Gasteiger partial charge in [0.2, 0.25) is 0 Å². The summed E-state index contributed by atoms with van der Waals surface area (Å²) in [6.45, 7) is 0.